The third-order valence-electron chi connectivity index (χ3n) is 2.96. The van der Waals surface area contributed by atoms with Gasteiger partial charge in [0, 0.05) is 6.54 Å². The third-order valence-corrected chi connectivity index (χ3v) is 2.96. The summed E-state index contributed by atoms with van der Waals surface area (Å²) in [6, 6.07) is 8.16. The molecule has 5 heteroatoms. The van der Waals surface area contributed by atoms with Gasteiger partial charge in [0.2, 0.25) is 6.39 Å². The summed E-state index contributed by atoms with van der Waals surface area (Å²) >= 11 is 0. The smallest absolute Gasteiger partial charge is 0.213 e. The zero-order valence-corrected chi connectivity index (χ0v) is 11.8. The number of ether oxygens (including phenoxy) is 1. The van der Waals surface area contributed by atoms with Crippen LogP contribution in [0.1, 0.15) is 37.6 Å². The molecule has 0 fully saturated rings. The molecule has 0 amide bonds. The average Bonchev–Trinajstić information content (AvgIpc) is 2.98. The lowest BCUT2D eigenvalue weighted by molar-refractivity contribution is 0.306. The summed E-state index contributed by atoms with van der Waals surface area (Å²) in [7, 11) is 0. The van der Waals surface area contributed by atoms with E-state index in [2.05, 4.69) is 39.0 Å². The summed E-state index contributed by atoms with van der Waals surface area (Å²) in [5.74, 6) is 1.60. The van der Waals surface area contributed by atoms with Gasteiger partial charge in [0.1, 0.15) is 5.75 Å². The van der Waals surface area contributed by atoms with E-state index < -0.39 is 0 Å². The summed E-state index contributed by atoms with van der Waals surface area (Å²) in [6.45, 7) is 4.36. The van der Waals surface area contributed by atoms with Crippen molar-refractivity contribution in [3.8, 4) is 5.75 Å². The van der Waals surface area contributed by atoms with Crippen LogP contribution in [0.3, 0.4) is 0 Å². The average molecular weight is 275 g/mol. The SMILES string of the molecule is CCCCCOc1ccc(CNCc2ncon2)cc1. The molecule has 0 saturated heterocycles. The highest BCUT2D eigenvalue weighted by atomic mass is 16.5. The fourth-order valence-corrected chi connectivity index (χ4v) is 1.83. The monoisotopic (exact) mass is 275 g/mol. The predicted octanol–water partition coefficient (Wildman–Crippen LogP) is 2.93. The summed E-state index contributed by atoms with van der Waals surface area (Å²) in [6.07, 6.45) is 4.89. The number of rotatable bonds is 9. The largest absolute Gasteiger partial charge is 0.494 e. The molecule has 0 unspecified atom stereocenters. The van der Waals surface area contributed by atoms with Crippen molar-refractivity contribution < 1.29 is 9.26 Å². The molecule has 0 saturated carbocycles. The maximum Gasteiger partial charge on any atom is 0.213 e. The van der Waals surface area contributed by atoms with Crippen LogP contribution in [0.25, 0.3) is 0 Å². The van der Waals surface area contributed by atoms with Crippen molar-refractivity contribution in [1.29, 1.82) is 0 Å². The lowest BCUT2D eigenvalue weighted by Crippen LogP contribution is -2.13. The van der Waals surface area contributed by atoms with Gasteiger partial charge in [-0.25, -0.2) is 0 Å². The molecule has 0 radical (unpaired) electrons. The standard InChI is InChI=1S/C15H21N3O2/c1-2-3-4-9-19-14-7-5-13(6-8-14)10-16-11-15-17-12-20-18-15/h5-8,12,16H,2-4,9-11H2,1H3. The van der Waals surface area contributed by atoms with Crippen molar-refractivity contribution in [1.82, 2.24) is 15.5 Å². The second-order valence-corrected chi connectivity index (χ2v) is 4.65. The lowest BCUT2D eigenvalue weighted by Gasteiger charge is -2.07. The minimum absolute atomic E-state index is 0.603. The van der Waals surface area contributed by atoms with E-state index in [1.807, 2.05) is 12.1 Å². The first-order valence-corrected chi connectivity index (χ1v) is 7.06. The van der Waals surface area contributed by atoms with Gasteiger partial charge in [-0.05, 0) is 24.1 Å². The van der Waals surface area contributed by atoms with Crippen LogP contribution < -0.4 is 10.1 Å². The molecule has 2 aromatic rings. The van der Waals surface area contributed by atoms with Crippen molar-refractivity contribution in [2.24, 2.45) is 0 Å². The normalized spacial score (nSPS) is 10.7. The molecule has 0 aliphatic heterocycles. The third kappa shape index (κ3) is 5.01. The molecule has 0 atom stereocenters. The van der Waals surface area contributed by atoms with Gasteiger partial charge in [-0.1, -0.05) is 37.1 Å². The van der Waals surface area contributed by atoms with Gasteiger partial charge < -0.3 is 14.6 Å². The second-order valence-electron chi connectivity index (χ2n) is 4.65. The van der Waals surface area contributed by atoms with Gasteiger partial charge in [-0.3, -0.25) is 0 Å². The van der Waals surface area contributed by atoms with Crippen molar-refractivity contribution in [3.63, 3.8) is 0 Å². The van der Waals surface area contributed by atoms with Crippen LogP contribution in [0.2, 0.25) is 0 Å². The molecule has 1 N–H and O–H groups in total. The number of nitrogens with zero attached hydrogens (tertiary/aromatic N) is 2. The molecule has 0 aliphatic rings. The van der Waals surface area contributed by atoms with Crippen LogP contribution in [0, 0.1) is 0 Å². The van der Waals surface area contributed by atoms with E-state index in [-0.39, 0.29) is 0 Å². The maximum atomic E-state index is 5.67. The van der Waals surface area contributed by atoms with Crippen LogP contribution >= 0.6 is 0 Å². The lowest BCUT2D eigenvalue weighted by atomic mass is 10.2. The number of benzene rings is 1. The zero-order valence-electron chi connectivity index (χ0n) is 11.8. The van der Waals surface area contributed by atoms with Crippen LogP contribution in [-0.2, 0) is 13.1 Å². The molecule has 5 nitrogen and oxygen atoms in total. The summed E-state index contributed by atoms with van der Waals surface area (Å²) in [5, 5.41) is 7.00. The first-order valence-electron chi connectivity index (χ1n) is 7.06. The molecule has 108 valence electrons. The van der Waals surface area contributed by atoms with Gasteiger partial charge >= 0.3 is 0 Å². The number of hydrogen-bond acceptors (Lipinski definition) is 5. The van der Waals surface area contributed by atoms with Crippen LogP contribution in [0.15, 0.2) is 35.2 Å². The topological polar surface area (TPSA) is 60.2 Å². The highest BCUT2D eigenvalue weighted by Crippen LogP contribution is 2.12. The maximum absolute atomic E-state index is 5.67. The number of aromatic nitrogens is 2. The van der Waals surface area contributed by atoms with Crippen molar-refractivity contribution >= 4 is 0 Å². The van der Waals surface area contributed by atoms with E-state index in [0.717, 1.165) is 25.3 Å². The summed E-state index contributed by atoms with van der Waals surface area (Å²) in [5.41, 5.74) is 1.20. The van der Waals surface area contributed by atoms with E-state index >= 15 is 0 Å². The highest BCUT2D eigenvalue weighted by Gasteiger charge is 1.99. The molecule has 1 aromatic carbocycles. The Morgan fingerprint density at radius 1 is 1.15 bits per heavy atom. The molecule has 2 rings (SSSR count). The fraction of sp³-hybridized carbons (Fsp3) is 0.467. The van der Waals surface area contributed by atoms with Crippen molar-refractivity contribution in [3.05, 3.63) is 42.0 Å². The molecule has 20 heavy (non-hydrogen) atoms. The molecular formula is C15H21N3O2. The minimum Gasteiger partial charge on any atom is -0.494 e. The summed E-state index contributed by atoms with van der Waals surface area (Å²) in [4.78, 5) is 3.95. The molecule has 0 aliphatic carbocycles. The van der Waals surface area contributed by atoms with E-state index in [1.54, 1.807) is 0 Å². The van der Waals surface area contributed by atoms with Gasteiger partial charge in [0.25, 0.3) is 0 Å². The Balaban J connectivity index is 1.68. The van der Waals surface area contributed by atoms with Crippen LogP contribution in [0.5, 0.6) is 5.75 Å². The van der Waals surface area contributed by atoms with Crippen molar-refractivity contribution in [2.45, 2.75) is 39.3 Å². The molecule has 0 bridgehead atoms. The number of unbranched alkanes of at least 4 members (excludes halogenated alkanes) is 2. The Bertz CT molecular complexity index is 468. The first-order chi connectivity index (χ1) is 9.88. The van der Waals surface area contributed by atoms with Crippen LogP contribution in [0.4, 0.5) is 0 Å². The quantitative estimate of drug-likeness (QED) is 0.713. The summed E-state index contributed by atoms with van der Waals surface area (Å²) < 4.78 is 10.3. The van der Waals surface area contributed by atoms with E-state index in [9.17, 15) is 0 Å². The minimum atomic E-state index is 0.603. The van der Waals surface area contributed by atoms with Gasteiger partial charge in [-0.15, -0.1) is 0 Å². The van der Waals surface area contributed by atoms with Gasteiger partial charge in [-0.2, -0.15) is 4.98 Å². The molecule has 0 spiro atoms. The van der Waals surface area contributed by atoms with Gasteiger partial charge in [0.05, 0.1) is 13.2 Å². The highest BCUT2D eigenvalue weighted by molar-refractivity contribution is 5.27. The molecule has 1 heterocycles. The Hall–Kier alpha value is -1.88. The predicted molar refractivity (Wildman–Crippen MR) is 76.3 cm³/mol. The Morgan fingerprint density at radius 3 is 2.70 bits per heavy atom. The second kappa shape index (κ2) is 8.32. The van der Waals surface area contributed by atoms with E-state index in [0.29, 0.717) is 12.4 Å². The molecular weight excluding hydrogens is 254 g/mol. The number of nitrogens with one attached hydrogen (secondary N) is 1. The fourth-order valence-electron chi connectivity index (χ4n) is 1.83. The van der Waals surface area contributed by atoms with Crippen molar-refractivity contribution in [2.75, 3.05) is 6.61 Å². The zero-order chi connectivity index (χ0) is 14.0. The first kappa shape index (κ1) is 14.5. The van der Waals surface area contributed by atoms with E-state index in [4.69, 9.17) is 4.74 Å². The van der Waals surface area contributed by atoms with E-state index in [1.165, 1.54) is 24.8 Å². The Labute approximate surface area is 119 Å². The Kier molecular flexibility index (Phi) is 6.05. The van der Waals surface area contributed by atoms with Gasteiger partial charge in [0.15, 0.2) is 5.82 Å². The Morgan fingerprint density at radius 2 is 2.00 bits per heavy atom. The number of hydrogen-bond donors (Lipinski definition) is 1. The molecule has 1 aromatic heterocycles. The van der Waals surface area contributed by atoms with Crippen LogP contribution in [-0.4, -0.2) is 16.7 Å².